The molecule has 0 aliphatic carbocycles. The summed E-state index contributed by atoms with van der Waals surface area (Å²) in [7, 11) is 3.20. The molecule has 4 aromatic rings. The summed E-state index contributed by atoms with van der Waals surface area (Å²) in [5.74, 6) is 2.54. The molecule has 5 rings (SSSR count). The third-order valence-electron chi connectivity index (χ3n) is 7.15. The zero-order chi connectivity index (χ0) is 27.0. The van der Waals surface area contributed by atoms with E-state index >= 15 is 0 Å². The number of piperidine rings is 1. The zero-order valence-corrected chi connectivity index (χ0v) is 22.5. The van der Waals surface area contributed by atoms with Crippen LogP contribution in [0.25, 0.3) is 11.4 Å². The van der Waals surface area contributed by atoms with Gasteiger partial charge < -0.3 is 18.9 Å². The second-order valence-corrected chi connectivity index (χ2v) is 9.80. The molecular weight excluding hydrogens is 492 g/mol. The van der Waals surface area contributed by atoms with Gasteiger partial charge in [-0.2, -0.15) is 4.98 Å². The maximum absolute atomic E-state index is 13.7. The predicted octanol–water partition coefficient (Wildman–Crippen LogP) is 5.19. The number of hydrogen-bond acceptors (Lipinski definition) is 7. The Balaban J connectivity index is 1.19. The van der Waals surface area contributed by atoms with Gasteiger partial charge in [-0.25, -0.2) is 0 Å². The Morgan fingerprint density at radius 1 is 0.897 bits per heavy atom. The Labute approximate surface area is 229 Å². The number of hydrogen-bond donors (Lipinski definition) is 0. The van der Waals surface area contributed by atoms with Gasteiger partial charge in [-0.1, -0.05) is 65.8 Å². The van der Waals surface area contributed by atoms with E-state index in [1.807, 2.05) is 59.5 Å². The molecule has 0 saturated carbocycles. The number of carbonyl (C=O) groups excluding carboxylic acids is 1. The number of ether oxygens (including phenoxy) is 2. The Kier molecular flexibility index (Phi) is 8.53. The van der Waals surface area contributed by atoms with Crippen LogP contribution in [0.5, 0.6) is 11.5 Å². The number of likely N-dealkylation sites (tertiary alicyclic amines) is 1. The highest BCUT2D eigenvalue weighted by atomic mass is 16.5. The number of nitrogens with zero attached hydrogens (tertiary/aromatic N) is 4. The van der Waals surface area contributed by atoms with Gasteiger partial charge in [0.15, 0.2) is 11.5 Å². The van der Waals surface area contributed by atoms with Crippen molar-refractivity contribution in [2.75, 3.05) is 27.3 Å². The summed E-state index contributed by atoms with van der Waals surface area (Å²) in [4.78, 5) is 22.5. The quantitative estimate of drug-likeness (QED) is 0.281. The number of carbonyl (C=O) groups is 1. The van der Waals surface area contributed by atoms with Crippen molar-refractivity contribution in [2.24, 2.45) is 5.92 Å². The first kappa shape index (κ1) is 26.4. The maximum atomic E-state index is 13.7. The molecule has 0 bridgehead atoms. The van der Waals surface area contributed by atoms with Crippen LogP contribution in [0.2, 0.25) is 0 Å². The van der Waals surface area contributed by atoms with E-state index in [1.54, 1.807) is 14.2 Å². The number of amides is 1. The van der Waals surface area contributed by atoms with Gasteiger partial charge in [-0.3, -0.25) is 9.69 Å². The van der Waals surface area contributed by atoms with Crippen LogP contribution in [0.3, 0.4) is 0 Å². The molecule has 0 spiro atoms. The van der Waals surface area contributed by atoms with Gasteiger partial charge in [-0.05, 0) is 55.3 Å². The summed E-state index contributed by atoms with van der Waals surface area (Å²) in [5.41, 5.74) is 3.07. The highest BCUT2D eigenvalue weighted by molar-refractivity contribution is 5.79. The molecule has 0 N–H and O–H groups in total. The summed E-state index contributed by atoms with van der Waals surface area (Å²) >= 11 is 0. The van der Waals surface area contributed by atoms with Crippen LogP contribution in [-0.2, 0) is 24.4 Å². The summed E-state index contributed by atoms with van der Waals surface area (Å²) in [6.45, 7) is 3.37. The first-order valence-corrected chi connectivity index (χ1v) is 13.3. The zero-order valence-electron chi connectivity index (χ0n) is 22.5. The van der Waals surface area contributed by atoms with Crippen LogP contribution in [0, 0.1) is 5.92 Å². The van der Waals surface area contributed by atoms with E-state index in [0.717, 1.165) is 42.6 Å². The van der Waals surface area contributed by atoms with Crippen molar-refractivity contribution in [3.8, 4) is 22.9 Å². The molecule has 1 saturated heterocycles. The number of benzene rings is 3. The lowest BCUT2D eigenvalue weighted by molar-refractivity contribution is -0.138. The average molecular weight is 527 g/mol. The monoisotopic (exact) mass is 526 g/mol. The second kappa shape index (κ2) is 12.6. The standard InChI is InChI=1S/C31H34N4O4/c1-37-27-14-13-26(19-28(27)38-2)30-32-29(39-33-30)22-34-17-15-25(16-18-34)31(36)35(20-23-9-5-3-6-10-23)21-24-11-7-4-8-12-24/h3-14,19,25H,15-18,20-22H2,1-2H3. The minimum atomic E-state index is -0.00122. The highest BCUT2D eigenvalue weighted by Crippen LogP contribution is 2.31. The van der Waals surface area contributed by atoms with E-state index in [2.05, 4.69) is 39.3 Å². The Morgan fingerprint density at radius 2 is 1.51 bits per heavy atom. The first-order valence-electron chi connectivity index (χ1n) is 13.3. The molecule has 1 aliphatic heterocycles. The molecule has 1 aromatic heterocycles. The molecule has 0 radical (unpaired) electrons. The van der Waals surface area contributed by atoms with Crippen molar-refractivity contribution >= 4 is 5.91 Å². The molecule has 2 heterocycles. The number of aromatic nitrogens is 2. The Bertz CT molecular complexity index is 1310. The van der Waals surface area contributed by atoms with Crippen LogP contribution in [0.15, 0.2) is 83.4 Å². The minimum Gasteiger partial charge on any atom is -0.493 e. The lowest BCUT2D eigenvalue weighted by Crippen LogP contribution is -2.42. The van der Waals surface area contributed by atoms with Crippen molar-refractivity contribution in [1.82, 2.24) is 19.9 Å². The van der Waals surface area contributed by atoms with Crippen LogP contribution >= 0.6 is 0 Å². The van der Waals surface area contributed by atoms with Crippen LogP contribution < -0.4 is 9.47 Å². The van der Waals surface area contributed by atoms with Crippen molar-refractivity contribution in [1.29, 1.82) is 0 Å². The van der Waals surface area contributed by atoms with Gasteiger partial charge in [0.1, 0.15) is 0 Å². The molecule has 8 heteroatoms. The molecule has 1 aliphatic rings. The van der Waals surface area contributed by atoms with Gasteiger partial charge >= 0.3 is 0 Å². The Hall–Kier alpha value is -4.17. The molecule has 3 aromatic carbocycles. The van der Waals surface area contributed by atoms with E-state index in [9.17, 15) is 4.79 Å². The topological polar surface area (TPSA) is 80.9 Å². The summed E-state index contributed by atoms with van der Waals surface area (Å²) in [6, 6.07) is 25.9. The van der Waals surface area contributed by atoms with Gasteiger partial charge in [0.2, 0.25) is 17.6 Å². The van der Waals surface area contributed by atoms with Gasteiger partial charge in [-0.15, -0.1) is 0 Å². The number of methoxy groups -OCH3 is 2. The molecule has 0 unspecified atom stereocenters. The van der Waals surface area contributed by atoms with E-state index < -0.39 is 0 Å². The fraction of sp³-hybridized carbons (Fsp3) is 0.323. The van der Waals surface area contributed by atoms with Gasteiger partial charge in [0, 0.05) is 24.6 Å². The van der Waals surface area contributed by atoms with Crippen LogP contribution in [0.4, 0.5) is 0 Å². The third kappa shape index (κ3) is 6.64. The SMILES string of the molecule is COc1ccc(-c2noc(CN3CCC(C(=O)N(Cc4ccccc4)Cc4ccccc4)CC3)n2)cc1OC. The first-order chi connectivity index (χ1) is 19.1. The largest absolute Gasteiger partial charge is 0.493 e. The normalized spacial score (nSPS) is 14.2. The third-order valence-corrected chi connectivity index (χ3v) is 7.15. The van der Waals surface area contributed by atoms with Gasteiger partial charge in [0.05, 0.1) is 20.8 Å². The minimum absolute atomic E-state index is 0.00122. The fourth-order valence-corrected chi connectivity index (χ4v) is 5.02. The molecule has 202 valence electrons. The average Bonchev–Trinajstić information content (AvgIpc) is 3.46. The van der Waals surface area contributed by atoms with Crippen molar-refractivity contribution < 1.29 is 18.8 Å². The fourth-order valence-electron chi connectivity index (χ4n) is 5.02. The van der Waals surface area contributed by atoms with E-state index in [0.29, 0.717) is 42.8 Å². The Morgan fingerprint density at radius 3 is 2.10 bits per heavy atom. The number of rotatable bonds is 10. The molecule has 39 heavy (non-hydrogen) atoms. The van der Waals surface area contributed by atoms with E-state index in [4.69, 9.17) is 14.0 Å². The molecule has 1 fully saturated rings. The predicted molar refractivity (Wildman–Crippen MR) is 148 cm³/mol. The molecule has 8 nitrogen and oxygen atoms in total. The van der Waals surface area contributed by atoms with Gasteiger partial charge in [0.25, 0.3) is 0 Å². The lowest BCUT2D eigenvalue weighted by Gasteiger charge is -2.34. The smallest absolute Gasteiger partial charge is 0.241 e. The van der Waals surface area contributed by atoms with Crippen LogP contribution in [0.1, 0.15) is 29.9 Å². The molecule has 1 amide bonds. The summed E-state index contributed by atoms with van der Waals surface area (Å²) in [5, 5.41) is 4.16. The molecule has 0 atom stereocenters. The summed E-state index contributed by atoms with van der Waals surface area (Å²) in [6.07, 6.45) is 1.60. The lowest BCUT2D eigenvalue weighted by atomic mass is 9.94. The van der Waals surface area contributed by atoms with Crippen molar-refractivity contribution in [3.63, 3.8) is 0 Å². The highest BCUT2D eigenvalue weighted by Gasteiger charge is 2.29. The second-order valence-electron chi connectivity index (χ2n) is 9.80. The van der Waals surface area contributed by atoms with E-state index in [-0.39, 0.29) is 11.8 Å². The van der Waals surface area contributed by atoms with Crippen LogP contribution in [-0.4, -0.2) is 53.2 Å². The maximum Gasteiger partial charge on any atom is 0.241 e. The van der Waals surface area contributed by atoms with Crippen molar-refractivity contribution in [3.05, 3.63) is 95.9 Å². The van der Waals surface area contributed by atoms with Crippen molar-refractivity contribution in [2.45, 2.75) is 32.5 Å². The van der Waals surface area contributed by atoms with E-state index in [1.165, 1.54) is 0 Å². The molecular formula is C31H34N4O4. The summed E-state index contributed by atoms with van der Waals surface area (Å²) < 4.78 is 16.2.